The Hall–Kier alpha value is -3.45. The number of aliphatic hydroxyl groups is 1. The molecule has 2 aromatic carbocycles. The predicted octanol–water partition coefficient (Wildman–Crippen LogP) is 12.4. The zero-order chi connectivity index (χ0) is 43.1. The minimum Gasteiger partial charge on any atom is -0.476 e. The molecule has 0 amide bonds. The highest BCUT2D eigenvalue weighted by atomic mass is 16.6. The third kappa shape index (κ3) is 11.9. The summed E-state index contributed by atoms with van der Waals surface area (Å²) in [7, 11) is 0. The maximum Gasteiger partial charge on any atom is 0.350 e. The SMILES string of the molecule is CC.CC.CCCC.Cc1ccc(C(=O)c2ccc(OC(C)(C)C(=O)OCCOC(=O)CC/C=C3\CCC4C5C(O)CC6CCCCC6(C)C5CCC34C)cc2)cc1. The standard InChI is InChI=1S/C43H56O7.C4H10.2C2H6/c1-28-12-14-29(15-13-28)39(46)30-16-19-33(20-17-30)50-41(2,3)40(47)49-26-25-48-37(45)11-8-10-31-18-21-34-38-35(22-24-43(31,34)5)42(4)23-7-6-9-32(42)27-36(38)44;1-3-4-2;2*1-2/h10,12-17,19-20,32,34-36,38,44H,6-9,11,18,21-27H2,1-5H3;3-4H2,1-2H3;2*1-2H3/b31-10+;;;. The zero-order valence-corrected chi connectivity index (χ0v) is 38.1. The van der Waals surface area contributed by atoms with E-state index in [9.17, 15) is 19.5 Å². The highest BCUT2D eigenvalue weighted by Crippen LogP contribution is 2.67. The minimum atomic E-state index is -1.28. The fraction of sp³-hybridized carbons (Fsp3) is 0.667. The van der Waals surface area contributed by atoms with E-state index in [1.807, 2.05) is 46.8 Å². The van der Waals surface area contributed by atoms with Crippen molar-refractivity contribution in [1.82, 2.24) is 0 Å². The van der Waals surface area contributed by atoms with Crippen molar-refractivity contribution in [2.24, 2.45) is 34.5 Å². The van der Waals surface area contributed by atoms with E-state index in [2.05, 4.69) is 33.8 Å². The second-order valence-corrected chi connectivity index (χ2v) is 17.5. The van der Waals surface area contributed by atoms with Crippen LogP contribution in [0.15, 0.2) is 60.2 Å². The van der Waals surface area contributed by atoms with Crippen molar-refractivity contribution in [2.75, 3.05) is 13.2 Å². The number of ether oxygens (including phenoxy) is 3. The monoisotopic (exact) mass is 803 g/mol. The highest BCUT2D eigenvalue weighted by Gasteiger charge is 2.60. The molecule has 0 spiro atoms. The van der Waals surface area contributed by atoms with Gasteiger partial charge in [-0.05, 0) is 131 Å². The molecular formula is C51H78O7. The molecule has 7 atom stereocenters. The molecule has 0 bridgehead atoms. The summed E-state index contributed by atoms with van der Waals surface area (Å²) in [6.45, 7) is 22.4. The van der Waals surface area contributed by atoms with Crippen LogP contribution in [0.4, 0.5) is 0 Å². The molecule has 0 radical (unpaired) electrons. The first-order valence-electron chi connectivity index (χ1n) is 22.8. The molecule has 6 rings (SSSR count). The number of unbranched alkanes of at least 4 members (excludes halogenated alkanes) is 1. The minimum absolute atomic E-state index is 0.0203. The molecule has 58 heavy (non-hydrogen) atoms. The van der Waals surface area contributed by atoms with Crippen LogP contribution in [0, 0.1) is 41.4 Å². The van der Waals surface area contributed by atoms with Crippen molar-refractivity contribution in [2.45, 2.75) is 171 Å². The van der Waals surface area contributed by atoms with E-state index in [1.54, 1.807) is 50.2 Å². The summed E-state index contributed by atoms with van der Waals surface area (Å²) in [6.07, 6.45) is 16.4. The first-order chi connectivity index (χ1) is 27.7. The lowest BCUT2D eigenvalue weighted by Crippen LogP contribution is -2.57. The van der Waals surface area contributed by atoms with Crippen LogP contribution >= 0.6 is 0 Å². The van der Waals surface area contributed by atoms with Gasteiger partial charge in [-0.1, -0.05) is 123 Å². The highest BCUT2D eigenvalue weighted by molar-refractivity contribution is 6.09. The predicted molar refractivity (Wildman–Crippen MR) is 236 cm³/mol. The molecule has 0 aromatic heterocycles. The Morgan fingerprint density at radius 1 is 0.810 bits per heavy atom. The van der Waals surface area contributed by atoms with Gasteiger partial charge in [0.15, 0.2) is 11.4 Å². The third-order valence-electron chi connectivity index (χ3n) is 13.6. The van der Waals surface area contributed by atoms with Crippen LogP contribution in [0.5, 0.6) is 5.75 Å². The molecule has 4 saturated carbocycles. The summed E-state index contributed by atoms with van der Waals surface area (Å²) in [4.78, 5) is 38.1. The Morgan fingerprint density at radius 2 is 1.41 bits per heavy atom. The summed E-state index contributed by atoms with van der Waals surface area (Å²) in [5.41, 5.74) is 2.89. The number of hydrogen-bond donors (Lipinski definition) is 1. The number of aliphatic hydroxyl groups excluding tert-OH is 1. The van der Waals surface area contributed by atoms with Gasteiger partial charge in [0.25, 0.3) is 0 Å². The molecule has 7 unspecified atom stereocenters. The average Bonchev–Trinajstić information content (AvgIpc) is 3.57. The first kappa shape index (κ1) is 48.9. The van der Waals surface area contributed by atoms with Crippen LogP contribution in [-0.2, 0) is 19.1 Å². The van der Waals surface area contributed by atoms with Gasteiger partial charge in [0.05, 0.1) is 6.10 Å². The molecule has 1 N–H and O–H groups in total. The normalized spacial score (nSPS) is 27.7. The second-order valence-electron chi connectivity index (χ2n) is 17.5. The van der Waals surface area contributed by atoms with Crippen molar-refractivity contribution in [3.63, 3.8) is 0 Å². The number of hydrogen-bond acceptors (Lipinski definition) is 7. The Morgan fingerprint density at radius 3 is 2.03 bits per heavy atom. The summed E-state index contributed by atoms with van der Waals surface area (Å²) < 4.78 is 16.7. The lowest BCUT2D eigenvalue weighted by atomic mass is 9.44. The van der Waals surface area contributed by atoms with Gasteiger partial charge in [-0.15, -0.1) is 0 Å². The van der Waals surface area contributed by atoms with Crippen LogP contribution < -0.4 is 4.74 Å². The maximum absolute atomic E-state index is 12.8. The maximum atomic E-state index is 12.8. The molecule has 7 heteroatoms. The molecule has 0 saturated heterocycles. The van der Waals surface area contributed by atoms with Gasteiger partial charge in [-0.2, -0.15) is 0 Å². The van der Waals surface area contributed by atoms with Gasteiger partial charge in [-0.25, -0.2) is 4.79 Å². The number of ketones is 1. The quantitative estimate of drug-likeness (QED) is 0.0987. The Kier molecular flexibility index (Phi) is 19.2. The molecular weight excluding hydrogens is 725 g/mol. The van der Waals surface area contributed by atoms with Crippen LogP contribution in [0.2, 0.25) is 0 Å². The fourth-order valence-electron chi connectivity index (χ4n) is 10.2. The van der Waals surface area contributed by atoms with Crippen molar-refractivity contribution in [1.29, 1.82) is 0 Å². The van der Waals surface area contributed by atoms with Crippen molar-refractivity contribution < 1.29 is 33.7 Å². The molecule has 2 aromatic rings. The molecule has 4 aliphatic carbocycles. The van der Waals surface area contributed by atoms with E-state index in [4.69, 9.17) is 14.2 Å². The summed E-state index contributed by atoms with van der Waals surface area (Å²) >= 11 is 0. The van der Waals surface area contributed by atoms with Gasteiger partial charge < -0.3 is 19.3 Å². The first-order valence-corrected chi connectivity index (χ1v) is 22.8. The molecule has 0 heterocycles. The van der Waals surface area contributed by atoms with Crippen molar-refractivity contribution in [3.8, 4) is 5.75 Å². The van der Waals surface area contributed by atoms with Crippen LogP contribution in [0.1, 0.15) is 174 Å². The number of rotatable bonds is 12. The number of allylic oxidation sites excluding steroid dienone is 2. The van der Waals surface area contributed by atoms with Gasteiger partial charge in [0, 0.05) is 17.5 Å². The van der Waals surface area contributed by atoms with Crippen LogP contribution in [0.3, 0.4) is 0 Å². The van der Waals surface area contributed by atoms with E-state index in [0.717, 1.165) is 24.8 Å². The lowest BCUT2D eigenvalue weighted by molar-refractivity contribution is -0.163. The van der Waals surface area contributed by atoms with E-state index in [-0.39, 0.29) is 42.9 Å². The Bertz CT molecular complexity index is 1610. The van der Waals surface area contributed by atoms with Crippen LogP contribution in [-0.4, -0.2) is 47.7 Å². The van der Waals surface area contributed by atoms with Gasteiger partial charge in [0.1, 0.15) is 19.0 Å². The summed E-state index contributed by atoms with van der Waals surface area (Å²) in [6, 6.07) is 14.1. The molecule has 7 nitrogen and oxygen atoms in total. The van der Waals surface area contributed by atoms with Crippen LogP contribution in [0.25, 0.3) is 0 Å². The summed E-state index contributed by atoms with van der Waals surface area (Å²) in [5.74, 6) is 1.68. The summed E-state index contributed by atoms with van der Waals surface area (Å²) in [5, 5.41) is 11.4. The van der Waals surface area contributed by atoms with Gasteiger partial charge in [0.2, 0.25) is 0 Å². The number of benzene rings is 2. The molecule has 324 valence electrons. The van der Waals surface area contributed by atoms with E-state index in [0.29, 0.717) is 52.4 Å². The molecule has 4 aliphatic rings. The Labute approximate surface area is 352 Å². The number of esters is 2. The molecule has 4 fully saturated rings. The van der Waals surface area contributed by atoms with E-state index in [1.165, 1.54) is 56.9 Å². The van der Waals surface area contributed by atoms with E-state index >= 15 is 0 Å². The lowest BCUT2D eigenvalue weighted by Gasteiger charge is -2.61. The average molecular weight is 803 g/mol. The smallest absolute Gasteiger partial charge is 0.350 e. The largest absolute Gasteiger partial charge is 0.476 e. The number of carbonyl (C=O) groups excluding carboxylic acids is 3. The second kappa shape index (κ2) is 22.8. The number of fused-ring (bicyclic) bond motifs is 5. The van der Waals surface area contributed by atoms with Crippen molar-refractivity contribution >= 4 is 17.7 Å². The molecule has 0 aliphatic heterocycles. The van der Waals surface area contributed by atoms with Crippen molar-refractivity contribution in [3.05, 3.63) is 76.9 Å². The fourth-order valence-corrected chi connectivity index (χ4v) is 10.2. The topological polar surface area (TPSA) is 99.1 Å². The number of aryl methyl sites for hydroxylation is 1. The third-order valence-corrected chi connectivity index (χ3v) is 13.6. The Balaban J connectivity index is 0.00000104. The number of carbonyl (C=O) groups is 3. The van der Waals surface area contributed by atoms with Gasteiger partial charge in [-0.3, -0.25) is 9.59 Å². The van der Waals surface area contributed by atoms with Gasteiger partial charge >= 0.3 is 11.9 Å². The van der Waals surface area contributed by atoms with E-state index < -0.39 is 11.6 Å². The zero-order valence-electron chi connectivity index (χ0n) is 38.1.